The molecule has 1 saturated heterocycles. The van der Waals surface area contributed by atoms with E-state index in [1.807, 2.05) is 68.4 Å². The monoisotopic (exact) mass is 478 g/mol. The number of nitrogens with one attached hydrogen (secondary N) is 1. The first-order chi connectivity index (χ1) is 16.8. The van der Waals surface area contributed by atoms with Crippen molar-refractivity contribution in [2.24, 2.45) is 5.73 Å². The van der Waals surface area contributed by atoms with Crippen molar-refractivity contribution in [3.05, 3.63) is 54.1 Å². The molecule has 3 N–H and O–H groups in total. The third-order valence-electron chi connectivity index (χ3n) is 5.52. The predicted molar refractivity (Wildman–Crippen MR) is 129 cm³/mol. The molecule has 1 fully saturated rings. The van der Waals surface area contributed by atoms with Crippen LogP contribution in [0.3, 0.4) is 0 Å². The Labute approximate surface area is 204 Å². The summed E-state index contributed by atoms with van der Waals surface area (Å²) in [7, 11) is 0. The fourth-order valence-electron chi connectivity index (χ4n) is 3.90. The molecule has 2 aromatic rings. The van der Waals surface area contributed by atoms with E-state index in [1.165, 1.54) is 4.90 Å². The zero-order chi connectivity index (χ0) is 25.4. The van der Waals surface area contributed by atoms with E-state index in [-0.39, 0.29) is 19.1 Å². The molecule has 1 aliphatic heterocycles. The van der Waals surface area contributed by atoms with Crippen molar-refractivity contribution in [3.8, 4) is 22.9 Å². The van der Waals surface area contributed by atoms with E-state index < -0.39 is 30.0 Å². The molecule has 9 heteroatoms. The zero-order valence-electron chi connectivity index (χ0n) is 19.9. The highest BCUT2D eigenvalue weighted by atomic mass is 16.6. The van der Waals surface area contributed by atoms with E-state index in [1.54, 1.807) is 0 Å². The number of rotatable bonds is 9. The van der Waals surface area contributed by atoms with Crippen LogP contribution in [0, 0.1) is 11.3 Å². The number of carbonyl (C=O) groups is 3. The van der Waals surface area contributed by atoms with E-state index in [4.69, 9.17) is 20.5 Å². The van der Waals surface area contributed by atoms with Gasteiger partial charge in [0.05, 0.1) is 18.6 Å². The molecule has 0 aromatic heterocycles. The summed E-state index contributed by atoms with van der Waals surface area (Å²) in [6.45, 7) is 4.39. The normalized spacial score (nSPS) is 15.8. The Morgan fingerprint density at radius 2 is 1.91 bits per heavy atom. The van der Waals surface area contributed by atoms with Crippen LogP contribution in [0.25, 0.3) is 11.1 Å². The molecule has 0 unspecified atom stereocenters. The lowest BCUT2D eigenvalue weighted by Gasteiger charge is -2.24. The van der Waals surface area contributed by atoms with Crippen LogP contribution < -0.4 is 15.8 Å². The molecule has 184 valence electrons. The van der Waals surface area contributed by atoms with Gasteiger partial charge in [0, 0.05) is 6.54 Å². The molecule has 0 spiro atoms. The average Bonchev–Trinajstić information content (AvgIpc) is 3.32. The maximum Gasteiger partial charge on any atom is 0.410 e. The molecule has 9 nitrogen and oxygen atoms in total. The van der Waals surface area contributed by atoms with Crippen molar-refractivity contribution in [1.82, 2.24) is 10.2 Å². The van der Waals surface area contributed by atoms with E-state index in [0.717, 1.165) is 22.4 Å². The van der Waals surface area contributed by atoms with Crippen LogP contribution in [0.15, 0.2) is 48.5 Å². The number of nitriles is 1. The zero-order valence-corrected chi connectivity index (χ0v) is 19.9. The van der Waals surface area contributed by atoms with Crippen molar-refractivity contribution < 1.29 is 23.9 Å². The first-order valence-corrected chi connectivity index (χ1v) is 11.5. The fourth-order valence-corrected chi connectivity index (χ4v) is 3.90. The van der Waals surface area contributed by atoms with Gasteiger partial charge in [-0.25, -0.2) is 4.79 Å². The van der Waals surface area contributed by atoms with Crippen molar-refractivity contribution in [2.45, 2.75) is 57.9 Å². The van der Waals surface area contributed by atoms with Gasteiger partial charge in [0.1, 0.15) is 24.4 Å². The fraction of sp³-hybridized carbons (Fsp3) is 0.385. The Hall–Kier alpha value is -4.06. The number of primary amides is 1. The van der Waals surface area contributed by atoms with Crippen LogP contribution in [0.2, 0.25) is 0 Å². The molecule has 0 aliphatic carbocycles. The topological polar surface area (TPSA) is 135 Å². The van der Waals surface area contributed by atoms with Crippen molar-refractivity contribution in [2.75, 3.05) is 6.54 Å². The lowest BCUT2D eigenvalue weighted by atomic mass is 10.0. The molecule has 2 aromatic carbocycles. The van der Waals surface area contributed by atoms with Gasteiger partial charge in [-0.1, -0.05) is 36.4 Å². The molecule has 0 radical (unpaired) electrons. The molecule has 2 atom stereocenters. The quantitative estimate of drug-likeness (QED) is 0.569. The summed E-state index contributed by atoms with van der Waals surface area (Å²) in [5, 5.41) is 11.6. The number of ether oxygens (including phenoxy) is 2. The molecular weight excluding hydrogens is 448 g/mol. The van der Waals surface area contributed by atoms with Gasteiger partial charge >= 0.3 is 6.09 Å². The highest BCUT2D eigenvalue weighted by Crippen LogP contribution is 2.25. The second-order valence-corrected chi connectivity index (χ2v) is 8.66. The van der Waals surface area contributed by atoms with Crippen LogP contribution in [-0.2, 0) is 20.9 Å². The van der Waals surface area contributed by atoms with E-state index in [9.17, 15) is 14.4 Å². The average molecular weight is 479 g/mol. The first kappa shape index (κ1) is 25.6. The highest BCUT2D eigenvalue weighted by Gasteiger charge is 2.36. The van der Waals surface area contributed by atoms with Gasteiger partial charge in [-0.3, -0.25) is 14.5 Å². The number of hydrogen-bond acceptors (Lipinski definition) is 6. The number of nitrogens with zero attached hydrogens (tertiary/aromatic N) is 2. The van der Waals surface area contributed by atoms with E-state index >= 15 is 0 Å². The van der Waals surface area contributed by atoms with Crippen LogP contribution >= 0.6 is 0 Å². The van der Waals surface area contributed by atoms with Crippen molar-refractivity contribution in [1.29, 1.82) is 5.26 Å². The number of carbonyl (C=O) groups excluding carboxylic acids is 3. The molecule has 0 saturated carbocycles. The summed E-state index contributed by atoms with van der Waals surface area (Å²) in [4.78, 5) is 37.6. The Kier molecular flexibility index (Phi) is 8.68. The third-order valence-corrected chi connectivity index (χ3v) is 5.52. The van der Waals surface area contributed by atoms with E-state index in [0.29, 0.717) is 19.4 Å². The van der Waals surface area contributed by atoms with Crippen LogP contribution in [-0.4, -0.2) is 47.5 Å². The Morgan fingerprint density at radius 3 is 2.57 bits per heavy atom. The van der Waals surface area contributed by atoms with Gasteiger partial charge in [0.25, 0.3) is 0 Å². The van der Waals surface area contributed by atoms with Crippen molar-refractivity contribution >= 4 is 17.9 Å². The SMILES string of the molecule is CC(C)Oc1cccc(-c2ccc(COC(=O)N3CCC[C@H]3C(=O)N[C@H](C#N)CC(N)=O)cc2)c1. The van der Waals surface area contributed by atoms with Crippen molar-refractivity contribution in [3.63, 3.8) is 0 Å². The second-order valence-electron chi connectivity index (χ2n) is 8.66. The Balaban J connectivity index is 1.56. The Bertz CT molecular complexity index is 1090. The minimum Gasteiger partial charge on any atom is -0.491 e. The maximum absolute atomic E-state index is 12.7. The van der Waals surface area contributed by atoms with Crippen LogP contribution in [0.4, 0.5) is 4.79 Å². The molecule has 0 bridgehead atoms. The lowest BCUT2D eigenvalue weighted by Crippen LogP contribution is -2.49. The molecule has 35 heavy (non-hydrogen) atoms. The molecule has 1 aliphatic rings. The molecule has 3 rings (SSSR count). The summed E-state index contributed by atoms with van der Waals surface area (Å²) in [6.07, 6.45) is 0.281. The summed E-state index contributed by atoms with van der Waals surface area (Å²) >= 11 is 0. The standard InChI is InChI=1S/C26H30N4O5/c1-17(2)35-22-6-3-5-20(13-22)19-10-8-18(9-11-19)16-34-26(33)30-12-4-7-23(30)25(32)29-21(15-27)14-24(28)31/h3,5-6,8-11,13,17,21,23H,4,7,12,14,16H2,1-2H3,(H2,28,31)(H,29,32)/t21-,23-/m0/s1. The summed E-state index contributed by atoms with van der Waals surface area (Å²) in [5.41, 5.74) is 7.94. The molecule has 3 amide bonds. The van der Waals surface area contributed by atoms with Crippen LogP contribution in [0.1, 0.15) is 38.7 Å². The minimum atomic E-state index is -1.03. The first-order valence-electron chi connectivity index (χ1n) is 11.5. The number of amides is 3. The van der Waals surface area contributed by atoms with E-state index in [2.05, 4.69) is 5.32 Å². The maximum atomic E-state index is 12.7. The van der Waals surface area contributed by atoms with Gasteiger partial charge < -0.3 is 20.5 Å². The van der Waals surface area contributed by atoms with Gasteiger partial charge in [0.15, 0.2) is 0 Å². The largest absolute Gasteiger partial charge is 0.491 e. The summed E-state index contributed by atoms with van der Waals surface area (Å²) in [5.74, 6) is -0.391. The van der Waals surface area contributed by atoms with Gasteiger partial charge in [-0.15, -0.1) is 0 Å². The van der Waals surface area contributed by atoms with Gasteiger partial charge in [-0.05, 0) is 55.5 Å². The summed E-state index contributed by atoms with van der Waals surface area (Å²) in [6, 6.07) is 15.5. The van der Waals surface area contributed by atoms with Crippen LogP contribution in [0.5, 0.6) is 5.75 Å². The number of benzene rings is 2. The van der Waals surface area contributed by atoms with Gasteiger partial charge in [0.2, 0.25) is 11.8 Å². The Morgan fingerprint density at radius 1 is 1.17 bits per heavy atom. The number of hydrogen-bond donors (Lipinski definition) is 2. The lowest BCUT2D eigenvalue weighted by molar-refractivity contribution is -0.125. The van der Waals surface area contributed by atoms with Gasteiger partial charge in [-0.2, -0.15) is 5.26 Å². The smallest absolute Gasteiger partial charge is 0.410 e. The summed E-state index contributed by atoms with van der Waals surface area (Å²) < 4.78 is 11.2. The predicted octanol–water partition coefficient (Wildman–Crippen LogP) is 3.13. The number of nitrogens with two attached hydrogens (primary N) is 1. The highest BCUT2D eigenvalue weighted by molar-refractivity contribution is 5.87. The molecular formula is C26H30N4O5. The number of likely N-dealkylation sites (tertiary alicyclic amines) is 1. The molecule has 1 heterocycles. The minimum absolute atomic E-state index is 0.0585. The second kappa shape index (κ2) is 11.9. The third kappa shape index (κ3) is 7.21.